The molecule has 2 aromatic heterocycles. The number of nitrogens with zero attached hydrogens (tertiary/aromatic N) is 4. The summed E-state index contributed by atoms with van der Waals surface area (Å²) >= 11 is 0. The third kappa shape index (κ3) is 4.52. The molecular formula is C25H19F2N5O3S. The summed E-state index contributed by atoms with van der Waals surface area (Å²) in [5.41, 5.74) is 3.88. The number of aliphatic imine (C=N–C) groups is 1. The highest BCUT2D eigenvalue weighted by atomic mass is 32.2. The third-order valence-corrected chi connectivity index (χ3v) is 7.03. The van der Waals surface area contributed by atoms with Crippen LogP contribution < -0.4 is 9.46 Å². The van der Waals surface area contributed by atoms with Gasteiger partial charge < -0.3 is 4.74 Å². The van der Waals surface area contributed by atoms with Gasteiger partial charge in [-0.3, -0.25) is 9.71 Å². The first-order chi connectivity index (χ1) is 17.4. The van der Waals surface area contributed by atoms with Gasteiger partial charge in [0.2, 0.25) is 5.88 Å². The Balaban J connectivity index is 1.56. The van der Waals surface area contributed by atoms with Gasteiger partial charge in [-0.15, -0.1) is 0 Å². The molecule has 0 spiro atoms. The number of ether oxygens (including phenoxy) is 1. The van der Waals surface area contributed by atoms with E-state index in [2.05, 4.69) is 24.7 Å². The second kappa shape index (κ2) is 9.42. The second-order valence-electron chi connectivity index (χ2n) is 7.90. The van der Waals surface area contributed by atoms with Crippen LogP contribution in [0, 0.1) is 11.6 Å². The summed E-state index contributed by atoms with van der Waals surface area (Å²) in [7, 11) is -3.07. The zero-order chi connectivity index (χ0) is 25.3. The van der Waals surface area contributed by atoms with Crippen LogP contribution in [0.25, 0.3) is 27.6 Å². The Morgan fingerprint density at radius 3 is 2.61 bits per heavy atom. The van der Waals surface area contributed by atoms with Gasteiger partial charge in [-0.05, 0) is 41.5 Å². The molecule has 0 atom stereocenters. The van der Waals surface area contributed by atoms with Crippen molar-refractivity contribution < 1.29 is 21.9 Å². The van der Waals surface area contributed by atoms with E-state index in [-0.39, 0.29) is 11.6 Å². The molecule has 1 aliphatic rings. The number of methoxy groups -OCH3 is 1. The Hall–Kier alpha value is -4.25. The molecule has 0 amide bonds. The van der Waals surface area contributed by atoms with Crippen molar-refractivity contribution in [1.82, 2.24) is 15.0 Å². The number of anilines is 1. The van der Waals surface area contributed by atoms with Crippen molar-refractivity contribution in [3.05, 3.63) is 78.4 Å². The molecule has 0 fully saturated rings. The maximum Gasteiger partial charge on any atom is 0.264 e. The molecule has 3 heterocycles. The Bertz CT molecular complexity index is 1660. The number of hydrogen-bond donors (Lipinski definition) is 1. The summed E-state index contributed by atoms with van der Waals surface area (Å²) in [6, 6.07) is 9.33. The number of nitrogens with one attached hydrogen (secondary N) is 1. The molecule has 0 saturated carbocycles. The first-order valence-corrected chi connectivity index (χ1v) is 12.3. The number of sulfonamides is 1. The molecule has 182 valence electrons. The molecule has 1 N–H and O–H groups in total. The first kappa shape index (κ1) is 23.5. The van der Waals surface area contributed by atoms with E-state index < -0.39 is 26.6 Å². The molecule has 11 heteroatoms. The van der Waals surface area contributed by atoms with E-state index in [4.69, 9.17) is 4.74 Å². The molecule has 0 radical (unpaired) electrons. The van der Waals surface area contributed by atoms with E-state index in [1.165, 1.54) is 25.7 Å². The first-order valence-electron chi connectivity index (χ1n) is 10.8. The van der Waals surface area contributed by atoms with Crippen molar-refractivity contribution in [2.45, 2.75) is 11.3 Å². The average molecular weight is 508 g/mol. The average Bonchev–Trinajstić information content (AvgIpc) is 2.88. The van der Waals surface area contributed by atoms with E-state index in [0.29, 0.717) is 24.6 Å². The van der Waals surface area contributed by atoms with Crippen LogP contribution in [-0.2, 0) is 10.0 Å². The molecule has 2 aromatic carbocycles. The Morgan fingerprint density at radius 1 is 1.00 bits per heavy atom. The van der Waals surface area contributed by atoms with Gasteiger partial charge in [0, 0.05) is 35.8 Å². The smallest absolute Gasteiger partial charge is 0.264 e. The van der Waals surface area contributed by atoms with E-state index >= 15 is 0 Å². The lowest BCUT2D eigenvalue weighted by Crippen LogP contribution is -2.15. The van der Waals surface area contributed by atoms with Crippen LogP contribution in [0.3, 0.4) is 0 Å². The fraction of sp³-hybridized carbons (Fsp3) is 0.120. The van der Waals surface area contributed by atoms with Crippen LogP contribution in [0.15, 0.2) is 71.0 Å². The lowest BCUT2D eigenvalue weighted by Gasteiger charge is -2.14. The molecule has 4 aromatic rings. The lowest BCUT2D eigenvalue weighted by molar-refractivity contribution is 0.400. The fourth-order valence-corrected chi connectivity index (χ4v) is 5.02. The third-order valence-electron chi connectivity index (χ3n) is 5.63. The standard InChI is InChI=1S/C25H19F2N5O3S/c1-35-25-22(32-36(33,34)23-5-3-18(26)12-20(23)27)11-17(13-29-25)16-2-4-21-19(10-16)24(31-14-30-21)15-6-8-28-9-7-15/h2-6,9-14,32H,7-8H2,1H3. The number of rotatable bonds is 6. The highest BCUT2D eigenvalue weighted by molar-refractivity contribution is 7.92. The van der Waals surface area contributed by atoms with E-state index in [9.17, 15) is 17.2 Å². The highest BCUT2D eigenvalue weighted by Gasteiger charge is 2.22. The number of benzene rings is 2. The van der Waals surface area contributed by atoms with Crippen LogP contribution in [-0.4, -0.2) is 43.2 Å². The number of hydrogen-bond acceptors (Lipinski definition) is 7. The number of pyridine rings is 1. The van der Waals surface area contributed by atoms with Crippen LogP contribution >= 0.6 is 0 Å². The van der Waals surface area contributed by atoms with Crippen molar-refractivity contribution in [3.8, 4) is 17.0 Å². The number of fused-ring (bicyclic) bond motifs is 1. The maximum absolute atomic E-state index is 14.2. The maximum atomic E-state index is 14.2. The van der Waals surface area contributed by atoms with Crippen LogP contribution in [0.4, 0.5) is 14.5 Å². The summed E-state index contributed by atoms with van der Waals surface area (Å²) in [5, 5.41) is 0.822. The quantitative estimate of drug-likeness (QED) is 0.408. The van der Waals surface area contributed by atoms with Crippen molar-refractivity contribution in [3.63, 3.8) is 0 Å². The molecule has 8 nitrogen and oxygen atoms in total. The second-order valence-corrected chi connectivity index (χ2v) is 9.55. The molecule has 1 aliphatic heterocycles. The topological polar surface area (TPSA) is 106 Å². The van der Waals surface area contributed by atoms with E-state index in [1.807, 2.05) is 30.5 Å². The van der Waals surface area contributed by atoms with Gasteiger partial charge in [0.15, 0.2) is 0 Å². The summed E-state index contributed by atoms with van der Waals surface area (Å²) in [4.78, 5) is 16.6. The Kier molecular flexibility index (Phi) is 6.15. The van der Waals surface area contributed by atoms with Crippen molar-refractivity contribution in [1.29, 1.82) is 0 Å². The number of halogens is 2. The predicted molar refractivity (Wildman–Crippen MR) is 132 cm³/mol. The minimum atomic E-state index is -4.40. The van der Waals surface area contributed by atoms with Crippen LogP contribution in [0.2, 0.25) is 0 Å². The molecule has 0 saturated heterocycles. The van der Waals surface area contributed by atoms with Gasteiger partial charge in [-0.1, -0.05) is 12.1 Å². The number of allylic oxidation sites excluding steroid dienone is 1. The molecular weight excluding hydrogens is 488 g/mol. The molecule has 0 unspecified atom stereocenters. The Morgan fingerprint density at radius 2 is 1.86 bits per heavy atom. The molecule has 0 aliphatic carbocycles. The minimum absolute atomic E-state index is 0.00504. The molecule has 0 bridgehead atoms. The zero-order valence-corrected chi connectivity index (χ0v) is 19.8. The zero-order valence-electron chi connectivity index (χ0n) is 18.9. The Labute approximate surface area is 205 Å². The van der Waals surface area contributed by atoms with Crippen molar-refractivity contribution in [2.24, 2.45) is 4.99 Å². The van der Waals surface area contributed by atoms with Crippen LogP contribution in [0.1, 0.15) is 12.1 Å². The normalized spacial score (nSPS) is 13.5. The fourth-order valence-electron chi connectivity index (χ4n) is 3.91. The van der Waals surface area contributed by atoms with Gasteiger partial charge in [0.25, 0.3) is 10.0 Å². The summed E-state index contributed by atoms with van der Waals surface area (Å²) < 4.78 is 60.7. The van der Waals surface area contributed by atoms with Gasteiger partial charge in [-0.25, -0.2) is 32.2 Å². The largest absolute Gasteiger partial charge is 0.480 e. The molecule has 36 heavy (non-hydrogen) atoms. The monoisotopic (exact) mass is 507 g/mol. The van der Waals surface area contributed by atoms with E-state index in [0.717, 1.165) is 39.9 Å². The summed E-state index contributed by atoms with van der Waals surface area (Å²) in [6.07, 6.45) is 7.58. The minimum Gasteiger partial charge on any atom is -0.480 e. The summed E-state index contributed by atoms with van der Waals surface area (Å²) in [5.74, 6) is -2.11. The van der Waals surface area contributed by atoms with Crippen molar-refractivity contribution >= 4 is 38.4 Å². The predicted octanol–water partition coefficient (Wildman–Crippen LogP) is 4.64. The van der Waals surface area contributed by atoms with Crippen LogP contribution in [0.5, 0.6) is 5.88 Å². The van der Waals surface area contributed by atoms with Gasteiger partial charge in [0.1, 0.15) is 28.5 Å². The molecule has 5 rings (SSSR count). The summed E-state index contributed by atoms with van der Waals surface area (Å²) in [6.45, 7) is 0.584. The van der Waals surface area contributed by atoms with Gasteiger partial charge in [0.05, 0.1) is 24.9 Å². The van der Waals surface area contributed by atoms with Gasteiger partial charge >= 0.3 is 0 Å². The number of aromatic nitrogens is 3. The lowest BCUT2D eigenvalue weighted by atomic mass is 9.99. The van der Waals surface area contributed by atoms with Crippen molar-refractivity contribution in [2.75, 3.05) is 18.4 Å². The van der Waals surface area contributed by atoms with Gasteiger partial charge in [-0.2, -0.15) is 0 Å². The highest BCUT2D eigenvalue weighted by Crippen LogP contribution is 2.33. The van der Waals surface area contributed by atoms with E-state index in [1.54, 1.807) is 0 Å². The SMILES string of the molecule is COc1ncc(-c2ccc3ncnc(C4=CCN=CC4)c3c2)cc1NS(=O)(=O)c1ccc(F)cc1F. The number of dihydropyridines is 1.